The molecule has 0 spiro atoms. The van der Waals surface area contributed by atoms with E-state index in [1.165, 1.54) is 30.5 Å². The first-order valence-corrected chi connectivity index (χ1v) is 20.6. The molecule has 16 heteroatoms. The molecule has 1 saturated heterocycles. The van der Waals surface area contributed by atoms with Crippen LogP contribution in [0.5, 0.6) is 0 Å². The van der Waals surface area contributed by atoms with Crippen molar-refractivity contribution in [3.63, 3.8) is 0 Å². The quantitative estimate of drug-likeness (QED) is 0.0599. The average Bonchev–Trinajstić information content (AvgIpc) is 4.02. The number of tetrazole rings is 1. The van der Waals surface area contributed by atoms with Gasteiger partial charge in [-0.25, -0.2) is 0 Å². The Labute approximate surface area is 335 Å². The summed E-state index contributed by atoms with van der Waals surface area (Å²) in [6.45, 7) is 5.50. The van der Waals surface area contributed by atoms with Gasteiger partial charge in [-0.3, -0.25) is 0 Å². The predicted molar refractivity (Wildman–Crippen MR) is 215 cm³/mol. The van der Waals surface area contributed by atoms with Gasteiger partial charge in [0.05, 0.1) is 0 Å². The molecule has 3 fully saturated rings. The third kappa shape index (κ3) is 8.15. The van der Waals surface area contributed by atoms with Crippen LogP contribution in [-0.4, -0.2) is 77.8 Å². The number of hydrogen-bond acceptors (Lipinski definition) is 12. The van der Waals surface area contributed by atoms with E-state index in [1.807, 2.05) is 22.4 Å². The molecule has 4 aliphatic rings. The Morgan fingerprint density at radius 3 is 2.61 bits per heavy atom. The van der Waals surface area contributed by atoms with E-state index in [0.717, 1.165) is 62.8 Å². The van der Waals surface area contributed by atoms with Crippen molar-refractivity contribution in [2.45, 2.75) is 109 Å². The van der Waals surface area contributed by atoms with Crippen LogP contribution in [-0.2, 0) is 14.2 Å². The number of carbonyl (C=O) groups is 2. The van der Waals surface area contributed by atoms with Gasteiger partial charge in [0.25, 0.3) is 5.95 Å². The molecule has 5 heterocycles. The van der Waals surface area contributed by atoms with Crippen molar-refractivity contribution in [3.05, 3.63) is 82.1 Å². The topological polar surface area (TPSA) is 139 Å². The van der Waals surface area contributed by atoms with Crippen LogP contribution in [0.1, 0.15) is 122 Å². The van der Waals surface area contributed by atoms with Gasteiger partial charge < -0.3 is 9.47 Å². The number of benzene rings is 1. The summed E-state index contributed by atoms with van der Waals surface area (Å²) < 4.78 is 20.4. The zero-order chi connectivity index (χ0) is 38.8. The minimum absolute atomic E-state index is 0.0320. The molecule has 2 aliphatic carbocycles. The summed E-state index contributed by atoms with van der Waals surface area (Å²) in [6.07, 6.45) is 16.7. The number of rotatable bonds is 12. The van der Waals surface area contributed by atoms with Crippen molar-refractivity contribution in [2.24, 2.45) is 10.9 Å². The summed E-state index contributed by atoms with van der Waals surface area (Å²) in [4.78, 5) is 40.0. The molecule has 289 valence electrons. The maximum absolute atomic E-state index is 14.4. The number of imidazole rings is 1. The van der Waals surface area contributed by atoms with Crippen molar-refractivity contribution in [1.29, 1.82) is 0 Å². The summed E-state index contributed by atoms with van der Waals surface area (Å²) >= 11 is 7.68. The molecule has 13 nitrogen and oxygen atoms in total. The molecule has 0 amide bonds. The molecule has 8 rings (SSSR count). The molecule has 1 radical (unpaired) electrons. The average molecular weight is 794 g/mol. The van der Waals surface area contributed by atoms with Gasteiger partial charge in [0.2, 0.25) is 0 Å². The third-order valence-electron chi connectivity index (χ3n) is 10.9. The number of aromatic nitrogens is 6. The van der Waals surface area contributed by atoms with Crippen LogP contribution >= 0.6 is 22.9 Å². The molecule has 2 unspecified atom stereocenters. The summed E-state index contributed by atoms with van der Waals surface area (Å²) in [6, 6.07) is 6.81. The number of amidine groups is 1. The molecule has 2 atom stereocenters. The number of nitrogens with zero attached hydrogens (tertiary/aromatic N) is 8. The van der Waals surface area contributed by atoms with Gasteiger partial charge in [0.1, 0.15) is 6.10 Å². The van der Waals surface area contributed by atoms with Gasteiger partial charge in [-0.15, -0.1) is 0 Å². The number of carbonyl (C=O) groups excluding carboxylic acids is 2. The van der Waals surface area contributed by atoms with Crippen molar-refractivity contribution in [2.75, 3.05) is 0 Å². The van der Waals surface area contributed by atoms with E-state index >= 15 is 0 Å². The number of aliphatic imine (C=N–C) groups is 1. The van der Waals surface area contributed by atoms with E-state index in [-0.39, 0.29) is 24.0 Å². The molecule has 56 heavy (non-hydrogen) atoms. The van der Waals surface area contributed by atoms with Crippen LogP contribution < -0.4 is 0 Å². The van der Waals surface area contributed by atoms with E-state index in [9.17, 15) is 9.59 Å². The Balaban J connectivity index is 1.04. The second-order valence-electron chi connectivity index (χ2n) is 14.8. The standard InChI is InChI=1S/C40H43BClN8O5S/c1-24(54-29-11-7-4-8-12-29)53-25(2)55-40(52)35-18-27(22-56-35)34-21-43-39(50(34)38(51)17-26-9-5-3-6-10-26)33-15-16-37-45-31(20-36(41)49(33)37)30-19-28(42)13-14-32(30)48-23-44-46-47-48/h13-14,18-23,25-26,29,33H,1,3-12,15-17H2,2H3. The fourth-order valence-electron chi connectivity index (χ4n) is 8.27. The SMILES string of the molecule is [B]=C1C=C(c2cc(Cl)ccc2-n2cnnn2)N=C2CCC(c3ncc(-c4csc(C(=O)OC(C)OC(=C)OC5CCCCC5)c4)n3C(=O)CC3CCCCC3)N12. The van der Waals surface area contributed by atoms with Gasteiger partial charge in [-0.05, 0) is 32.3 Å². The number of halogens is 1. The molecular formula is C40H43BClN8O5S. The Hall–Kier alpha value is -4.89. The van der Waals surface area contributed by atoms with Gasteiger partial charge in [0, 0.05) is 6.92 Å². The van der Waals surface area contributed by atoms with E-state index in [1.54, 1.807) is 40.6 Å². The number of esters is 1. The van der Waals surface area contributed by atoms with Crippen LogP contribution in [0.2, 0.25) is 5.02 Å². The Kier molecular flexibility index (Phi) is 11.3. The fraction of sp³-hybridized carbons (Fsp3) is 0.450. The number of hydrogen-bond donors (Lipinski definition) is 0. The summed E-state index contributed by atoms with van der Waals surface area (Å²) in [5.41, 5.74) is 3.82. The van der Waals surface area contributed by atoms with Crippen molar-refractivity contribution < 1.29 is 23.8 Å². The van der Waals surface area contributed by atoms with Gasteiger partial charge in [-0.2, -0.15) is 0 Å². The Morgan fingerprint density at radius 2 is 1.84 bits per heavy atom. The first kappa shape index (κ1) is 38.0. The van der Waals surface area contributed by atoms with Crippen molar-refractivity contribution in [1.82, 2.24) is 34.7 Å². The van der Waals surface area contributed by atoms with E-state index in [4.69, 9.17) is 43.3 Å². The first-order chi connectivity index (χ1) is 27.2. The molecular weight excluding hydrogens is 751 g/mol. The van der Waals surface area contributed by atoms with Gasteiger partial charge >= 0.3 is 269 Å². The molecule has 2 saturated carbocycles. The van der Waals surface area contributed by atoms with E-state index in [2.05, 4.69) is 22.1 Å². The Bertz CT molecular complexity index is 2190. The molecule has 4 aromatic rings. The number of ether oxygens (including phenoxy) is 3. The summed E-state index contributed by atoms with van der Waals surface area (Å²) in [7, 11) is 6.84. The van der Waals surface area contributed by atoms with E-state index < -0.39 is 12.3 Å². The van der Waals surface area contributed by atoms with Gasteiger partial charge in [0.15, 0.2) is 0 Å². The van der Waals surface area contributed by atoms with E-state index in [0.29, 0.717) is 69.1 Å². The third-order valence-corrected chi connectivity index (χ3v) is 12.1. The molecule has 0 N–H and O–H groups in total. The normalized spacial score (nSPS) is 19.6. The molecule has 0 bridgehead atoms. The van der Waals surface area contributed by atoms with Crippen molar-refractivity contribution >= 4 is 59.4 Å². The van der Waals surface area contributed by atoms with Crippen molar-refractivity contribution in [3.8, 4) is 16.9 Å². The second kappa shape index (κ2) is 16.7. The minimum atomic E-state index is -0.901. The van der Waals surface area contributed by atoms with Crippen LogP contribution in [0, 0.1) is 5.92 Å². The first-order valence-electron chi connectivity index (χ1n) is 19.4. The van der Waals surface area contributed by atoms with Gasteiger partial charge in [-0.1, -0.05) is 6.42 Å². The zero-order valence-electron chi connectivity index (χ0n) is 31.3. The molecule has 3 aromatic heterocycles. The van der Waals surface area contributed by atoms with Crippen LogP contribution in [0.15, 0.2) is 65.8 Å². The number of fused-ring (bicyclic) bond motifs is 1. The maximum atomic E-state index is 14.4. The second-order valence-corrected chi connectivity index (χ2v) is 16.1. The summed E-state index contributed by atoms with van der Waals surface area (Å²) in [5.74, 6) is 1.21. The summed E-state index contributed by atoms with van der Waals surface area (Å²) in [5, 5.41) is 14.0. The fourth-order valence-corrected chi connectivity index (χ4v) is 9.23. The van der Waals surface area contributed by atoms with Crippen LogP contribution in [0.3, 0.4) is 0 Å². The molecule has 1 aromatic carbocycles. The predicted octanol–water partition coefficient (Wildman–Crippen LogP) is 8.08. The van der Waals surface area contributed by atoms with Crippen LogP contribution in [0.25, 0.3) is 22.6 Å². The van der Waals surface area contributed by atoms with Crippen LogP contribution in [0.4, 0.5) is 0 Å². The monoisotopic (exact) mass is 793 g/mol. The number of thiophene rings is 1. The molecule has 2 aliphatic heterocycles. The zero-order valence-corrected chi connectivity index (χ0v) is 32.9. The Morgan fingerprint density at radius 1 is 1.05 bits per heavy atom.